The number of carbonyl (C=O) groups is 2. The van der Waals surface area contributed by atoms with E-state index in [4.69, 9.17) is 9.47 Å². The Hall–Kier alpha value is -1.46. The summed E-state index contributed by atoms with van der Waals surface area (Å²) in [4.78, 5) is 24.1. The van der Waals surface area contributed by atoms with Gasteiger partial charge in [0.05, 0.1) is 13.2 Å². The van der Waals surface area contributed by atoms with Crippen molar-refractivity contribution in [2.45, 2.75) is 91.1 Å². The third-order valence-corrected chi connectivity index (χ3v) is 3.51. The summed E-state index contributed by atoms with van der Waals surface area (Å²) in [5.41, 5.74) is -2.24. The number of azo groups is 1. The van der Waals surface area contributed by atoms with Crippen molar-refractivity contribution < 1.29 is 19.1 Å². The maximum absolute atomic E-state index is 12.1. The monoisotopic (exact) mass is 342 g/mol. The van der Waals surface area contributed by atoms with Crippen LogP contribution in [0.5, 0.6) is 0 Å². The fraction of sp³-hybridized carbons (Fsp3) is 0.889. The SMILES string of the molecule is CCCCCOC(=O)C(C)(C)N=NC(C)(C)C(=O)OCCCCC. The maximum atomic E-state index is 12.1. The Bertz CT molecular complexity index is 379. The molecule has 0 N–H and O–H groups in total. The van der Waals surface area contributed by atoms with E-state index in [2.05, 4.69) is 24.1 Å². The Balaban J connectivity index is 4.52. The number of nitrogens with zero attached hydrogens (tertiary/aromatic N) is 2. The lowest BCUT2D eigenvalue weighted by Crippen LogP contribution is -2.35. The molecule has 0 aromatic carbocycles. The summed E-state index contributed by atoms with van der Waals surface area (Å²) >= 11 is 0. The number of ether oxygens (including phenoxy) is 2. The molecule has 0 aliphatic rings. The minimum atomic E-state index is -1.12. The van der Waals surface area contributed by atoms with E-state index < -0.39 is 23.0 Å². The zero-order chi connectivity index (χ0) is 18.6. The van der Waals surface area contributed by atoms with Gasteiger partial charge in [-0.25, -0.2) is 9.59 Å². The average Bonchev–Trinajstić information content (AvgIpc) is 2.53. The molecule has 6 heteroatoms. The van der Waals surface area contributed by atoms with Crippen molar-refractivity contribution in [3.63, 3.8) is 0 Å². The van der Waals surface area contributed by atoms with Gasteiger partial charge in [0, 0.05) is 0 Å². The largest absolute Gasteiger partial charge is 0.464 e. The normalized spacial score (nSPS) is 12.4. The zero-order valence-electron chi connectivity index (χ0n) is 16.2. The van der Waals surface area contributed by atoms with E-state index in [0.717, 1.165) is 38.5 Å². The van der Waals surface area contributed by atoms with Crippen LogP contribution >= 0.6 is 0 Å². The van der Waals surface area contributed by atoms with Gasteiger partial charge >= 0.3 is 11.9 Å². The van der Waals surface area contributed by atoms with Gasteiger partial charge in [-0.3, -0.25) is 0 Å². The minimum absolute atomic E-state index is 0.383. The summed E-state index contributed by atoms with van der Waals surface area (Å²) in [7, 11) is 0. The van der Waals surface area contributed by atoms with Gasteiger partial charge in [-0.15, -0.1) is 0 Å². The van der Waals surface area contributed by atoms with E-state index in [9.17, 15) is 9.59 Å². The van der Waals surface area contributed by atoms with Crippen molar-refractivity contribution in [2.24, 2.45) is 10.2 Å². The lowest BCUT2D eigenvalue weighted by atomic mass is 10.1. The van der Waals surface area contributed by atoms with Crippen LogP contribution in [0.25, 0.3) is 0 Å². The first kappa shape index (κ1) is 22.5. The van der Waals surface area contributed by atoms with Crippen molar-refractivity contribution in [1.82, 2.24) is 0 Å². The topological polar surface area (TPSA) is 77.3 Å². The molecular formula is C18H34N2O4. The molecule has 0 fully saturated rings. The number of hydrogen-bond donors (Lipinski definition) is 0. The zero-order valence-corrected chi connectivity index (χ0v) is 16.2. The molecule has 0 aliphatic heterocycles. The van der Waals surface area contributed by atoms with Crippen LogP contribution in [0.15, 0.2) is 10.2 Å². The molecule has 0 atom stereocenters. The van der Waals surface area contributed by atoms with Gasteiger partial charge in [0.15, 0.2) is 11.1 Å². The lowest BCUT2D eigenvalue weighted by molar-refractivity contribution is -0.151. The summed E-state index contributed by atoms with van der Waals surface area (Å²) in [5, 5.41) is 8.08. The Morgan fingerprint density at radius 1 is 0.708 bits per heavy atom. The van der Waals surface area contributed by atoms with Crippen molar-refractivity contribution >= 4 is 11.9 Å². The van der Waals surface area contributed by atoms with Crippen LogP contribution in [0, 0.1) is 0 Å². The van der Waals surface area contributed by atoms with Gasteiger partial charge in [0.25, 0.3) is 0 Å². The van der Waals surface area contributed by atoms with Gasteiger partial charge in [0.2, 0.25) is 0 Å². The second-order valence-corrected chi connectivity index (χ2v) is 7.00. The molecule has 0 aliphatic carbocycles. The highest BCUT2D eigenvalue weighted by Crippen LogP contribution is 2.19. The van der Waals surface area contributed by atoms with Gasteiger partial charge in [0.1, 0.15) is 0 Å². The minimum Gasteiger partial charge on any atom is -0.464 e. The van der Waals surface area contributed by atoms with Crippen molar-refractivity contribution in [3.8, 4) is 0 Å². The molecule has 6 nitrogen and oxygen atoms in total. The van der Waals surface area contributed by atoms with Gasteiger partial charge in [-0.2, -0.15) is 10.2 Å². The Kier molecular flexibility index (Phi) is 10.5. The van der Waals surface area contributed by atoms with Crippen LogP contribution in [-0.2, 0) is 19.1 Å². The molecular weight excluding hydrogens is 308 g/mol. The van der Waals surface area contributed by atoms with E-state index >= 15 is 0 Å². The fourth-order valence-electron chi connectivity index (χ4n) is 1.72. The molecule has 140 valence electrons. The summed E-state index contributed by atoms with van der Waals surface area (Å²) < 4.78 is 10.4. The fourth-order valence-corrected chi connectivity index (χ4v) is 1.72. The molecule has 0 unspecified atom stereocenters. The highest BCUT2D eigenvalue weighted by molar-refractivity contribution is 5.81. The van der Waals surface area contributed by atoms with Crippen LogP contribution in [-0.4, -0.2) is 36.2 Å². The molecule has 0 bridgehead atoms. The molecule has 0 spiro atoms. The molecule has 0 radical (unpaired) electrons. The Morgan fingerprint density at radius 2 is 1.04 bits per heavy atom. The predicted molar refractivity (Wildman–Crippen MR) is 94.0 cm³/mol. The van der Waals surface area contributed by atoms with E-state index in [0.29, 0.717) is 13.2 Å². The number of hydrogen-bond acceptors (Lipinski definition) is 6. The first-order valence-electron chi connectivity index (χ1n) is 8.96. The molecule has 0 saturated heterocycles. The summed E-state index contributed by atoms with van der Waals surface area (Å²) in [6.45, 7) is 11.4. The van der Waals surface area contributed by atoms with Gasteiger partial charge in [-0.1, -0.05) is 39.5 Å². The van der Waals surface area contributed by atoms with Gasteiger partial charge < -0.3 is 9.47 Å². The highest BCUT2D eigenvalue weighted by atomic mass is 16.5. The molecule has 24 heavy (non-hydrogen) atoms. The van der Waals surface area contributed by atoms with Crippen LogP contribution in [0.4, 0.5) is 0 Å². The van der Waals surface area contributed by atoms with Gasteiger partial charge in [-0.05, 0) is 40.5 Å². The molecule has 0 aromatic rings. The van der Waals surface area contributed by atoms with E-state index in [1.165, 1.54) is 0 Å². The average molecular weight is 342 g/mol. The summed E-state index contributed by atoms with van der Waals surface area (Å²) in [6, 6.07) is 0. The number of rotatable bonds is 12. The summed E-state index contributed by atoms with van der Waals surface area (Å²) in [5.74, 6) is -0.871. The quantitative estimate of drug-likeness (QED) is 0.298. The van der Waals surface area contributed by atoms with Crippen LogP contribution in [0.1, 0.15) is 80.1 Å². The van der Waals surface area contributed by atoms with Crippen LogP contribution in [0.3, 0.4) is 0 Å². The molecule has 0 aromatic heterocycles. The van der Waals surface area contributed by atoms with Crippen molar-refractivity contribution in [2.75, 3.05) is 13.2 Å². The second kappa shape index (κ2) is 11.2. The Morgan fingerprint density at radius 3 is 1.33 bits per heavy atom. The highest BCUT2D eigenvalue weighted by Gasteiger charge is 2.34. The smallest absolute Gasteiger partial charge is 0.335 e. The van der Waals surface area contributed by atoms with Crippen molar-refractivity contribution in [1.29, 1.82) is 0 Å². The number of unbranched alkanes of at least 4 members (excludes halogenated alkanes) is 4. The third-order valence-electron chi connectivity index (χ3n) is 3.51. The molecule has 0 heterocycles. The van der Waals surface area contributed by atoms with E-state index in [1.807, 2.05) is 0 Å². The summed E-state index contributed by atoms with van der Waals surface area (Å²) in [6.07, 6.45) is 5.85. The number of esters is 2. The Labute approximate surface area is 146 Å². The van der Waals surface area contributed by atoms with E-state index in [-0.39, 0.29) is 0 Å². The second-order valence-electron chi connectivity index (χ2n) is 7.00. The first-order chi connectivity index (χ1) is 11.2. The molecule has 0 saturated carbocycles. The predicted octanol–water partition coefficient (Wildman–Crippen LogP) is 4.46. The first-order valence-corrected chi connectivity index (χ1v) is 8.96. The van der Waals surface area contributed by atoms with E-state index in [1.54, 1.807) is 27.7 Å². The third kappa shape index (κ3) is 8.99. The number of carbonyl (C=O) groups excluding carboxylic acids is 2. The standard InChI is InChI=1S/C18H34N2O4/c1-7-9-11-13-23-15(21)17(3,4)19-20-18(5,6)16(22)24-14-12-10-8-2/h7-14H2,1-6H3. The van der Waals surface area contributed by atoms with Crippen molar-refractivity contribution in [3.05, 3.63) is 0 Å². The molecule has 0 rings (SSSR count). The van der Waals surface area contributed by atoms with Crippen LogP contribution < -0.4 is 0 Å². The van der Waals surface area contributed by atoms with Crippen LogP contribution in [0.2, 0.25) is 0 Å². The lowest BCUT2D eigenvalue weighted by Gasteiger charge is -2.21. The molecule has 0 amide bonds. The maximum Gasteiger partial charge on any atom is 0.335 e.